The largest absolute Gasteiger partial charge is 0.519 e. The van der Waals surface area contributed by atoms with Crippen LogP contribution in [0.15, 0.2) is 103 Å². The molecular weight excluding hydrogens is 661 g/mol. The first-order valence-corrected chi connectivity index (χ1v) is 26.4. The standard InChI is InChI=1S/C40H54O6Si3/c1-40(2,34-16-10-9-11-17-34)35-22-28-38(29-23-35)44-39(42)43-37-26-20-33(21-27-37)15-13-31-48(5,6)46-49(7,8)45-47(3,4)30-12-14-32-18-24-36(41)25-19-32/h9-11,16-29,41H,12-15,30-31H2,1-8H3. The minimum Gasteiger partial charge on any atom is -0.508 e. The third-order valence-corrected chi connectivity index (χ3v) is 20.3. The summed E-state index contributed by atoms with van der Waals surface area (Å²) in [5.41, 5.74) is 4.62. The Balaban J connectivity index is 1.18. The fourth-order valence-electron chi connectivity index (χ4n) is 6.45. The molecule has 0 heterocycles. The van der Waals surface area contributed by atoms with Crippen molar-refractivity contribution in [3.8, 4) is 17.2 Å². The summed E-state index contributed by atoms with van der Waals surface area (Å²) in [6.07, 6.45) is 3.25. The molecule has 0 aliphatic carbocycles. The molecule has 0 fully saturated rings. The van der Waals surface area contributed by atoms with E-state index in [2.05, 4.69) is 65.3 Å². The highest BCUT2D eigenvalue weighted by molar-refractivity contribution is 6.87. The maximum absolute atomic E-state index is 12.5. The minimum absolute atomic E-state index is 0.171. The third kappa shape index (κ3) is 12.4. The number of carbonyl (C=O) groups is 1. The highest BCUT2D eigenvalue weighted by Crippen LogP contribution is 2.32. The fourth-order valence-corrected chi connectivity index (χ4v) is 20.5. The van der Waals surface area contributed by atoms with Crippen molar-refractivity contribution in [1.29, 1.82) is 0 Å². The van der Waals surface area contributed by atoms with Crippen LogP contribution in [-0.4, -0.2) is 36.5 Å². The van der Waals surface area contributed by atoms with Gasteiger partial charge >= 0.3 is 14.7 Å². The van der Waals surface area contributed by atoms with Gasteiger partial charge < -0.3 is 22.8 Å². The predicted molar refractivity (Wildman–Crippen MR) is 207 cm³/mol. The van der Waals surface area contributed by atoms with Crippen LogP contribution in [0.25, 0.3) is 0 Å². The number of benzene rings is 4. The van der Waals surface area contributed by atoms with Crippen LogP contribution in [0.3, 0.4) is 0 Å². The Kier molecular flexibility index (Phi) is 12.9. The Morgan fingerprint density at radius 1 is 0.592 bits per heavy atom. The van der Waals surface area contributed by atoms with Gasteiger partial charge in [0.15, 0.2) is 16.6 Å². The quantitative estimate of drug-likeness (QED) is 0.0707. The topological polar surface area (TPSA) is 74.2 Å². The summed E-state index contributed by atoms with van der Waals surface area (Å²) >= 11 is 0. The molecule has 0 atom stereocenters. The van der Waals surface area contributed by atoms with Gasteiger partial charge in [-0.25, -0.2) is 4.79 Å². The summed E-state index contributed by atoms with van der Waals surface area (Å²) in [5, 5.41) is 9.52. The maximum Gasteiger partial charge on any atom is 0.519 e. The molecule has 0 aromatic heterocycles. The average Bonchev–Trinajstić information content (AvgIpc) is 3.02. The number of phenolic OH excluding ortho intramolecular Hbond substituents is 1. The number of ether oxygens (including phenoxy) is 2. The molecule has 262 valence electrons. The molecular formula is C40H54O6Si3. The Hall–Kier alpha value is -3.48. The van der Waals surface area contributed by atoms with Crippen LogP contribution in [0, 0.1) is 0 Å². The molecule has 0 amide bonds. The number of hydrogen-bond acceptors (Lipinski definition) is 6. The average molecular weight is 715 g/mol. The van der Waals surface area contributed by atoms with Gasteiger partial charge in [-0.3, -0.25) is 0 Å². The van der Waals surface area contributed by atoms with Crippen molar-refractivity contribution >= 4 is 31.4 Å². The minimum atomic E-state index is -2.29. The monoisotopic (exact) mass is 714 g/mol. The first-order chi connectivity index (χ1) is 23.0. The van der Waals surface area contributed by atoms with Crippen LogP contribution in [0.1, 0.15) is 48.9 Å². The molecule has 0 spiro atoms. The normalized spacial score (nSPS) is 12.5. The van der Waals surface area contributed by atoms with E-state index >= 15 is 0 Å². The van der Waals surface area contributed by atoms with Crippen LogP contribution in [0.5, 0.6) is 17.2 Å². The molecule has 4 rings (SSSR count). The molecule has 4 aromatic rings. The summed E-state index contributed by atoms with van der Waals surface area (Å²) in [6.45, 7) is 17.9. The Labute approximate surface area is 296 Å². The molecule has 6 nitrogen and oxygen atoms in total. The molecule has 9 heteroatoms. The zero-order valence-corrected chi connectivity index (χ0v) is 33.5. The van der Waals surface area contributed by atoms with Crippen molar-refractivity contribution in [1.82, 2.24) is 0 Å². The molecule has 0 unspecified atom stereocenters. The Morgan fingerprint density at radius 3 is 1.47 bits per heavy atom. The van der Waals surface area contributed by atoms with E-state index < -0.39 is 31.4 Å². The number of carbonyl (C=O) groups excluding carboxylic acids is 1. The Morgan fingerprint density at radius 2 is 1.00 bits per heavy atom. The van der Waals surface area contributed by atoms with E-state index in [1.807, 2.05) is 66.7 Å². The number of aryl methyl sites for hydroxylation is 2. The van der Waals surface area contributed by atoms with Crippen molar-refractivity contribution in [2.75, 3.05) is 0 Å². The van der Waals surface area contributed by atoms with Crippen molar-refractivity contribution in [3.63, 3.8) is 0 Å². The van der Waals surface area contributed by atoms with Gasteiger partial charge in [0.05, 0.1) is 0 Å². The predicted octanol–water partition coefficient (Wildman–Crippen LogP) is 11.0. The Bertz CT molecular complexity index is 1620. The highest BCUT2D eigenvalue weighted by atomic mass is 28.5. The lowest BCUT2D eigenvalue weighted by molar-refractivity contribution is 0.152. The first kappa shape index (κ1) is 38.3. The van der Waals surface area contributed by atoms with E-state index in [0.717, 1.165) is 43.3 Å². The maximum atomic E-state index is 12.5. The molecule has 0 radical (unpaired) electrons. The smallest absolute Gasteiger partial charge is 0.508 e. The first-order valence-electron chi connectivity index (χ1n) is 17.3. The summed E-state index contributed by atoms with van der Waals surface area (Å²) in [5.74, 6) is 1.20. The van der Waals surface area contributed by atoms with E-state index in [9.17, 15) is 9.90 Å². The summed E-state index contributed by atoms with van der Waals surface area (Å²) in [4.78, 5) is 12.5. The highest BCUT2D eigenvalue weighted by Gasteiger charge is 2.39. The van der Waals surface area contributed by atoms with Gasteiger partial charge in [-0.2, -0.15) is 0 Å². The lowest BCUT2D eigenvalue weighted by Gasteiger charge is -2.39. The van der Waals surface area contributed by atoms with Crippen LogP contribution in [0.2, 0.25) is 51.4 Å². The molecule has 0 aliphatic rings. The number of rotatable bonds is 16. The second-order valence-electron chi connectivity index (χ2n) is 15.1. The van der Waals surface area contributed by atoms with Gasteiger partial charge in [-0.1, -0.05) is 80.6 Å². The van der Waals surface area contributed by atoms with Crippen LogP contribution in [0.4, 0.5) is 4.79 Å². The molecule has 4 aromatic carbocycles. The number of hydrogen-bond donors (Lipinski definition) is 1. The molecule has 0 aliphatic heterocycles. The van der Waals surface area contributed by atoms with Gasteiger partial charge in [0, 0.05) is 5.41 Å². The molecule has 0 saturated carbocycles. The van der Waals surface area contributed by atoms with E-state index in [1.165, 1.54) is 16.7 Å². The lowest BCUT2D eigenvalue weighted by Crippen LogP contribution is -2.52. The van der Waals surface area contributed by atoms with Crippen LogP contribution >= 0.6 is 0 Å². The van der Waals surface area contributed by atoms with E-state index in [4.69, 9.17) is 17.7 Å². The second kappa shape index (κ2) is 16.5. The summed E-state index contributed by atoms with van der Waals surface area (Å²) in [7, 11) is -6.10. The number of phenols is 1. The van der Waals surface area contributed by atoms with Gasteiger partial charge in [0.1, 0.15) is 17.2 Å². The molecule has 49 heavy (non-hydrogen) atoms. The van der Waals surface area contributed by atoms with Crippen molar-refractivity contribution in [2.45, 2.75) is 96.3 Å². The summed E-state index contributed by atoms with van der Waals surface area (Å²) < 4.78 is 24.5. The summed E-state index contributed by atoms with van der Waals surface area (Å²) in [6, 6.07) is 35.2. The third-order valence-electron chi connectivity index (χ3n) is 8.87. The van der Waals surface area contributed by atoms with E-state index in [0.29, 0.717) is 17.2 Å². The van der Waals surface area contributed by atoms with Gasteiger partial charge in [-0.15, -0.1) is 0 Å². The van der Waals surface area contributed by atoms with Crippen LogP contribution in [-0.2, 0) is 26.5 Å². The van der Waals surface area contributed by atoms with E-state index in [1.54, 1.807) is 24.3 Å². The van der Waals surface area contributed by atoms with Gasteiger partial charge in [0.2, 0.25) is 0 Å². The van der Waals surface area contributed by atoms with Crippen LogP contribution < -0.4 is 9.47 Å². The zero-order valence-electron chi connectivity index (χ0n) is 30.5. The zero-order chi connectivity index (χ0) is 35.7. The van der Waals surface area contributed by atoms with Crippen molar-refractivity contribution in [3.05, 3.63) is 125 Å². The van der Waals surface area contributed by atoms with Gasteiger partial charge in [-0.05, 0) is 136 Å². The van der Waals surface area contributed by atoms with Crippen molar-refractivity contribution in [2.24, 2.45) is 0 Å². The van der Waals surface area contributed by atoms with Gasteiger partial charge in [0.25, 0.3) is 0 Å². The fraction of sp³-hybridized carbons (Fsp3) is 0.375. The second-order valence-corrected chi connectivity index (χ2v) is 27.6. The molecule has 0 bridgehead atoms. The number of aromatic hydroxyl groups is 1. The van der Waals surface area contributed by atoms with Crippen molar-refractivity contribution < 1.29 is 27.6 Å². The van der Waals surface area contributed by atoms with E-state index in [-0.39, 0.29) is 5.41 Å². The SMILES string of the molecule is CC(C)(c1ccccc1)c1ccc(OC(=O)Oc2ccc(CCC[Si](C)(C)O[Si](C)(C)O[Si](C)(C)CCCc3ccc(O)cc3)cc2)cc1. The molecule has 1 N–H and O–H groups in total. The molecule has 0 saturated heterocycles. The lowest BCUT2D eigenvalue weighted by atomic mass is 9.78.